The van der Waals surface area contributed by atoms with Crippen molar-refractivity contribution in [3.05, 3.63) is 53.1 Å². The molecule has 0 radical (unpaired) electrons. The molecule has 1 atom stereocenters. The zero-order chi connectivity index (χ0) is 21.5. The Balaban J connectivity index is 1.51. The molecule has 1 N–H and O–H groups in total. The van der Waals surface area contributed by atoms with Gasteiger partial charge in [-0.3, -0.25) is 4.79 Å². The van der Waals surface area contributed by atoms with Gasteiger partial charge in [-0.2, -0.15) is 0 Å². The van der Waals surface area contributed by atoms with Gasteiger partial charge in [0.2, 0.25) is 0 Å². The van der Waals surface area contributed by atoms with Crippen LogP contribution >= 0.6 is 11.6 Å². The number of halogens is 1. The first kappa shape index (κ1) is 22.4. The lowest BCUT2D eigenvalue weighted by molar-refractivity contribution is -0.118. The van der Waals surface area contributed by atoms with Gasteiger partial charge in [-0.25, -0.2) is 0 Å². The first-order valence-corrected chi connectivity index (χ1v) is 11.2. The topological polar surface area (TPSA) is 44.8 Å². The molecule has 6 heteroatoms. The number of benzene rings is 2. The Morgan fingerprint density at radius 1 is 1.10 bits per heavy atom. The molecule has 2 aromatic rings. The van der Waals surface area contributed by atoms with Gasteiger partial charge in [-0.15, -0.1) is 0 Å². The van der Waals surface area contributed by atoms with E-state index in [2.05, 4.69) is 48.0 Å². The second-order valence-corrected chi connectivity index (χ2v) is 8.21. The summed E-state index contributed by atoms with van der Waals surface area (Å²) >= 11 is 6.50. The molecule has 3 rings (SSSR count). The zero-order valence-electron chi connectivity index (χ0n) is 18.2. The number of carbonyl (C=O) groups excluding carboxylic acids is 1. The number of nitrogens with zero attached hydrogens (tertiary/aromatic N) is 2. The molecular weight excluding hydrogens is 398 g/mol. The summed E-state index contributed by atoms with van der Waals surface area (Å²) in [6.07, 6.45) is 1.10. The molecule has 1 unspecified atom stereocenters. The number of hydrogen-bond acceptors (Lipinski definition) is 4. The first-order chi connectivity index (χ1) is 14.5. The highest BCUT2D eigenvalue weighted by molar-refractivity contribution is 6.33. The monoisotopic (exact) mass is 429 g/mol. The van der Waals surface area contributed by atoms with E-state index in [1.807, 2.05) is 30.3 Å². The van der Waals surface area contributed by atoms with Crippen LogP contribution in [0.25, 0.3) is 0 Å². The van der Waals surface area contributed by atoms with Gasteiger partial charge in [-0.05, 0) is 54.8 Å². The molecule has 0 bridgehead atoms. The summed E-state index contributed by atoms with van der Waals surface area (Å²) in [5.41, 5.74) is 2.97. The van der Waals surface area contributed by atoms with Gasteiger partial charge in [0.05, 0.1) is 10.7 Å². The van der Waals surface area contributed by atoms with Crippen LogP contribution in [0.1, 0.15) is 38.7 Å². The van der Waals surface area contributed by atoms with Crippen molar-refractivity contribution in [2.75, 3.05) is 49.5 Å². The molecule has 162 valence electrons. The molecule has 0 aliphatic carbocycles. The molecule has 1 aliphatic rings. The molecule has 1 saturated heterocycles. The van der Waals surface area contributed by atoms with Gasteiger partial charge in [0.25, 0.3) is 5.91 Å². The normalized spacial score (nSPS) is 15.7. The third kappa shape index (κ3) is 5.89. The van der Waals surface area contributed by atoms with Crippen LogP contribution in [0.5, 0.6) is 5.75 Å². The number of anilines is 2. The number of nitrogens with one attached hydrogen (secondary N) is 1. The number of amides is 1. The number of piperazine rings is 1. The molecule has 2 aromatic carbocycles. The molecule has 0 aromatic heterocycles. The van der Waals surface area contributed by atoms with Crippen molar-refractivity contribution in [1.29, 1.82) is 0 Å². The second kappa shape index (κ2) is 10.7. The predicted molar refractivity (Wildman–Crippen MR) is 125 cm³/mol. The van der Waals surface area contributed by atoms with E-state index in [1.165, 1.54) is 5.56 Å². The van der Waals surface area contributed by atoms with E-state index in [0.717, 1.165) is 44.8 Å². The molecule has 1 heterocycles. The highest BCUT2D eigenvalue weighted by Gasteiger charge is 2.18. The van der Waals surface area contributed by atoms with E-state index in [9.17, 15) is 4.79 Å². The van der Waals surface area contributed by atoms with Crippen LogP contribution in [-0.2, 0) is 4.79 Å². The van der Waals surface area contributed by atoms with Crippen molar-refractivity contribution < 1.29 is 9.53 Å². The average molecular weight is 430 g/mol. The summed E-state index contributed by atoms with van der Waals surface area (Å²) in [5.74, 6) is 1.00. The molecule has 1 amide bonds. The maximum atomic E-state index is 12.3. The Morgan fingerprint density at radius 3 is 2.40 bits per heavy atom. The Morgan fingerprint density at radius 2 is 1.80 bits per heavy atom. The lowest BCUT2D eigenvalue weighted by Gasteiger charge is -2.36. The maximum Gasteiger partial charge on any atom is 0.262 e. The van der Waals surface area contributed by atoms with Crippen molar-refractivity contribution in [2.24, 2.45) is 0 Å². The fourth-order valence-corrected chi connectivity index (χ4v) is 3.92. The number of rotatable bonds is 8. The van der Waals surface area contributed by atoms with E-state index in [-0.39, 0.29) is 12.5 Å². The van der Waals surface area contributed by atoms with Gasteiger partial charge >= 0.3 is 0 Å². The van der Waals surface area contributed by atoms with Crippen LogP contribution in [0, 0.1) is 0 Å². The minimum atomic E-state index is -0.207. The van der Waals surface area contributed by atoms with E-state index < -0.39 is 0 Å². The Kier molecular flexibility index (Phi) is 8.00. The highest BCUT2D eigenvalue weighted by Crippen LogP contribution is 2.29. The lowest BCUT2D eigenvalue weighted by atomic mass is 9.99. The van der Waals surface area contributed by atoms with Gasteiger partial charge in [0.15, 0.2) is 6.61 Å². The molecule has 0 spiro atoms. The number of ether oxygens (including phenoxy) is 1. The van der Waals surface area contributed by atoms with Crippen LogP contribution in [0.4, 0.5) is 11.4 Å². The summed E-state index contributed by atoms with van der Waals surface area (Å²) < 4.78 is 5.62. The Bertz CT molecular complexity index is 833. The summed E-state index contributed by atoms with van der Waals surface area (Å²) in [5, 5.41) is 3.52. The Hall–Kier alpha value is -2.24. The third-order valence-corrected chi connectivity index (χ3v) is 6.13. The third-order valence-electron chi connectivity index (χ3n) is 5.82. The molecule has 30 heavy (non-hydrogen) atoms. The van der Waals surface area contributed by atoms with Crippen LogP contribution in [0.3, 0.4) is 0 Å². The minimum absolute atomic E-state index is 0.0406. The van der Waals surface area contributed by atoms with Crippen LogP contribution in [-0.4, -0.2) is 50.1 Å². The lowest BCUT2D eigenvalue weighted by Crippen LogP contribution is -2.46. The molecule has 1 fully saturated rings. The zero-order valence-corrected chi connectivity index (χ0v) is 18.9. The van der Waals surface area contributed by atoms with E-state index in [4.69, 9.17) is 16.3 Å². The maximum absolute atomic E-state index is 12.3. The Labute approximate surface area is 185 Å². The molecule has 0 saturated carbocycles. The summed E-state index contributed by atoms with van der Waals surface area (Å²) in [4.78, 5) is 17.0. The van der Waals surface area contributed by atoms with Crippen molar-refractivity contribution in [3.8, 4) is 5.75 Å². The quantitative estimate of drug-likeness (QED) is 0.640. The van der Waals surface area contributed by atoms with Gasteiger partial charge in [0.1, 0.15) is 5.75 Å². The highest BCUT2D eigenvalue weighted by atomic mass is 35.5. The van der Waals surface area contributed by atoms with Crippen molar-refractivity contribution in [3.63, 3.8) is 0 Å². The van der Waals surface area contributed by atoms with E-state index >= 15 is 0 Å². The van der Waals surface area contributed by atoms with Gasteiger partial charge in [0, 0.05) is 31.9 Å². The number of carbonyl (C=O) groups is 1. The van der Waals surface area contributed by atoms with Crippen LogP contribution in [0.15, 0.2) is 42.5 Å². The van der Waals surface area contributed by atoms with Crippen molar-refractivity contribution >= 4 is 28.9 Å². The summed E-state index contributed by atoms with van der Waals surface area (Å²) in [6, 6.07) is 13.6. The fourth-order valence-electron chi connectivity index (χ4n) is 3.62. The number of hydrogen-bond donors (Lipinski definition) is 1. The van der Waals surface area contributed by atoms with Crippen molar-refractivity contribution in [2.45, 2.75) is 33.1 Å². The van der Waals surface area contributed by atoms with E-state index in [1.54, 1.807) is 0 Å². The minimum Gasteiger partial charge on any atom is -0.484 e. The first-order valence-electron chi connectivity index (χ1n) is 10.8. The average Bonchev–Trinajstić information content (AvgIpc) is 2.78. The second-order valence-electron chi connectivity index (χ2n) is 7.80. The van der Waals surface area contributed by atoms with Crippen LogP contribution in [0.2, 0.25) is 5.02 Å². The predicted octanol–water partition coefficient (Wildman–Crippen LogP) is 5.01. The van der Waals surface area contributed by atoms with E-state index in [0.29, 0.717) is 22.4 Å². The summed E-state index contributed by atoms with van der Waals surface area (Å²) in [7, 11) is 0. The number of likely N-dealkylation sites (N-methyl/N-ethyl adjacent to an activating group) is 1. The molecule has 1 aliphatic heterocycles. The van der Waals surface area contributed by atoms with Crippen LogP contribution < -0.4 is 15.0 Å². The largest absolute Gasteiger partial charge is 0.484 e. The van der Waals surface area contributed by atoms with Gasteiger partial charge in [-0.1, -0.05) is 44.5 Å². The molecule has 5 nitrogen and oxygen atoms in total. The smallest absolute Gasteiger partial charge is 0.262 e. The summed E-state index contributed by atoms with van der Waals surface area (Å²) in [6.45, 7) is 11.6. The standard InChI is InChI=1S/C24H32ClN3O2/c1-4-18(3)19-6-9-21(10-7-19)30-17-24(29)26-20-8-11-23(22(25)16-20)28-14-12-27(5-2)13-15-28/h6-11,16,18H,4-5,12-15,17H2,1-3H3,(H,26,29). The molecular formula is C24H32ClN3O2. The van der Waals surface area contributed by atoms with Gasteiger partial charge < -0.3 is 19.9 Å². The van der Waals surface area contributed by atoms with Crippen molar-refractivity contribution in [1.82, 2.24) is 4.90 Å². The fraction of sp³-hybridized carbons (Fsp3) is 0.458. The SMILES string of the molecule is CCC(C)c1ccc(OCC(=O)Nc2ccc(N3CCN(CC)CC3)c(Cl)c2)cc1.